The van der Waals surface area contributed by atoms with Crippen molar-refractivity contribution >= 4 is 12.0 Å². The lowest BCUT2D eigenvalue weighted by atomic mass is 10.1. The minimum atomic E-state index is 0.0379. The second kappa shape index (κ2) is 11.4. The number of methoxy groups -OCH3 is 1. The van der Waals surface area contributed by atoms with Crippen molar-refractivity contribution in [2.75, 3.05) is 46.5 Å². The summed E-state index contributed by atoms with van der Waals surface area (Å²) in [6, 6.07) is 13.9. The lowest BCUT2D eigenvalue weighted by Gasteiger charge is -2.34. The van der Waals surface area contributed by atoms with Crippen molar-refractivity contribution in [1.29, 1.82) is 0 Å². The third-order valence-electron chi connectivity index (χ3n) is 5.24. The molecule has 0 radical (unpaired) electrons. The summed E-state index contributed by atoms with van der Waals surface area (Å²) in [5.41, 5.74) is 2.17. The Hall–Kier alpha value is -2.99. The lowest BCUT2D eigenvalue weighted by Crippen LogP contribution is -2.47. The summed E-state index contributed by atoms with van der Waals surface area (Å²) in [6.07, 6.45) is 3.48. The topological polar surface area (TPSA) is 51.2 Å². The van der Waals surface area contributed by atoms with Crippen molar-refractivity contribution < 1.29 is 19.0 Å². The fourth-order valence-corrected chi connectivity index (χ4v) is 3.56. The number of hydrogen-bond donors (Lipinski definition) is 0. The molecule has 31 heavy (non-hydrogen) atoms. The van der Waals surface area contributed by atoms with Crippen LogP contribution in [0.15, 0.2) is 48.5 Å². The maximum absolute atomic E-state index is 12.6. The van der Waals surface area contributed by atoms with Crippen LogP contribution in [-0.2, 0) is 11.3 Å². The maximum Gasteiger partial charge on any atom is 0.246 e. The highest BCUT2D eigenvalue weighted by Crippen LogP contribution is 2.29. The van der Waals surface area contributed by atoms with Crippen LogP contribution >= 0.6 is 0 Å². The zero-order valence-corrected chi connectivity index (χ0v) is 18.7. The first-order chi connectivity index (χ1) is 15.1. The molecule has 1 amide bonds. The normalized spacial score (nSPS) is 14.6. The van der Waals surface area contributed by atoms with E-state index in [-0.39, 0.29) is 5.91 Å². The van der Waals surface area contributed by atoms with Gasteiger partial charge in [-0.15, -0.1) is 0 Å². The first kappa shape index (κ1) is 22.7. The number of hydrogen-bond acceptors (Lipinski definition) is 5. The summed E-state index contributed by atoms with van der Waals surface area (Å²) in [7, 11) is 1.67. The monoisotopic (exact) mass is 424 g/mol. The van der Waals surface area contributed by atoms with E-state index in [1.54, 1.807) is 13.2 Å². The van der Waals surface area contributed by atoms with Gasteiger partial charge in [0.05, 0.1) is 20.3 Å². The minimum absolute atomic E-state index is 0.0379. The standard InChI is InChI=1S/C25H32N2O4/c1-4-30-23-12-8-20(18-24(23)31-5-2)9-13-25(28)27-16-14-26(15-17-27)19-21-6-10-22(29-3)11-7-21/h6-13,18H,4-5,14-17,19H2,1-3H3/b13-9+. The van der Waals surface area contributed by atoms with Gasteiger partial charge in [-0.2, -0.15) is 0 Å². The first-order valence-corrected chi connectivity index (χ1v) is 10.8. The molecule has 0 bridgehead atoms. The van der Waals surface area contributed by atoms with Crippen molar-refractivity contribution in [3.8, 4) is 17.2 Å². The largest absolute Gasteiger partial charge is 0.497 e. The van der Waals surface area contributed by atoms with Gasteiger partial charge in [0.15, 0.2) is 11.5 Å². The lowest BCUT2D eigenvalue weighted by molar-refractivity contribution is -0.127. The molecule has 2 aromatic carbocycles. The number of carbonyl (C=O) groups excluding carboxylic acids is 1. The first-order valence-electron chi connectivity index (χ1n) is 10.8. The molecule has 0 saturated carbocycles. The predicted molar refractivity (Wildman–Crippen MR) is 123 cm³/mol. The van der Waals surface area contributed by atoms with Crippen molar-refractivity contribution in [2.45, 2.75) is 20.4 Å². The number of benzene rings is 2. The average Bonchev–Trinajstić information content (AvgIpc) is 2.80. The molecule has 0 aliphatic carbocycles. The van der Waals surface area contributed by atoms with E-state index < -0.39 is 0 Å². The van der Waals surface area contributed by atoms with Crippen LogP contribution in [0.2, 0.25) is 0 Å². The van der Waals surface area contributed by atoms with E-state index in [4.69, 9.17) is 14.2 Å². The molecule has 0 spiro atoms. The third-order valence-corrected chi connectivity index (χ3v) is 5.24. The van der Waals surface area contributed by atoms with Crippen LogP contribution in [0.1, 0.15) is 25.0 Å². The molecule has 1 aliphatic rings. The van der Waals surface area contributed by atoms with Crippen LogP contribution in [0.4, 0.5) is 0 Å². The van der Waals surface area contributed by atoms with Gasteiger partial charge in [-0.05, 0) is 55.3 Å². The number of carbonyl (C=O) groups is 1. The fraction of sp³-hybridized carbons (Fsp3) is 0.400. The summed E-state index contributed by atoms with van der Waals surface area (Å²) >= 11 is 0. The van der Waals surface area contributed by atoms with Gasteiger partial charge in [0.2, 0.25) is 5.91 Å². The molecule has 1 fully saturated rings. The fourth-order valence-electron chi connectivity index (χ4n) is 3.56. The molecule has 6 nitrogen and oxygen atoms in total. The van der Waals surface area contributed by atoms with Crippen LogP contribution in [0, 0.1) is 0 Å². The van der Waals surface area contributed by atoms with Crippen LogP contribution in [0.5, 0.6) is 17.2 Å². The summed E-state index contributed by atoms with van der Waals surface area (Å²) in [5.74, 6) is 2.33. The second-order valence-corrected chi connectivity index (χ2v) is 7.36. The second-order valence-electron chi connectivity index (χ2n) is 7.36. The molecule has 2 aromatic rings. The van der Waals surface area contributed by atoms with E-state index in [9.17, 15) is 4.79 Å². The minimum Gasteiger partial charge on any atom is -0.497 e. The average molecular weight is 425 g/mol. The molecule has 3 rings (SSSR count). The number of piperazine rings is 1. The van der Waals surface area contributed by atoms with Crippen LogP contribution in [0.25, 0.3) is 6.08 Å². The van der Waals surface area contributed by atoms with Gasteiger partial charge in [-0.1, -0.05) is 18.2 Å². The van der Waals surface area contributed by atoms with E-state index >= 15 is 0 Å². The molecule has 166 valence electrons. The highest BCUT2D eigenvalue weighted by molar-refractivity contribution is 5.92. The van der Waals surface area contributed by atoms with Gasteiger partial charge in [0.1, 0.15) is 5.75 Å². The summed E-state index contributed by atoms with van der Waals surface area (Å²) in [6.45, 7) is 9.10. The number of amides is 1. The van der Waals surface area contributed by atoms with Crippen LogP contribution in [0.3, 0.4) is 0 Å². The van der Waals surface area contributed by atoms with Gasteiger partial charge in [-0.3, -0.25) is 9.69 Å². The number of ether oxygens (including phenoxy) is 3. The zero-order chi connectivity index (χ0) is 22.1. The Kier molecular flexibility index (Phi) is 8.35. The molecule has 6 heteroatoms. The van der Waals surface area contributed by atoms with Gasteiger partial charge in [0.25, 0.3) is 0 Å². The summed E-state index contributed by atoms with van der Waals surface area (Å²) in [4.78, 5) is 16.9. The Labute approximate surface area is 185 Å². The number of nitrogens with zero attached hydrogens (tertiary/aromatic N) is 2. The Morgan fingerprint density at radius 2 is 1.61 bits per heavy atom. The van der Waals surface area contributed by atoms with Gasteiger partial charge >= 0.3 is 0 Å². The Morgan fingerprint density at radius 1 is 0.935 bits per heavy atom. The molecule has 0 N–H and O–H groups in total. The molecule has 0 unspecified atom stereocenters. The quantitative estimate of drug-likeness (QED) is 0.573. The van der Waals surface area contributed by atoms with Gasteiger partial charge in [-0.25, -0.2) is 0 Å². The molecular weight excluding hydrogens is 392 g/mol. The summed E-state index contributed by atoms with van der Waals surface area (Å²) in [5, 5.41) is 0. The van der Waals surface area contributed by atoms with Crippen LogP contribution in [-0.4, -0.2) is 62.2 Å². The van der Waals surface area contributed by atoms with Gasteiger partial charge in [0, 0.05) is 38.8 Å². The van der Waals surface area contributed by atoms with E-state index in [1.165, 1.54) is 5.56 Å². The van der Waals surface area contributed by atoms with Crippen molar-refractivity contribution in [3.05, 3.63) is 59.7 Å². The molecule has 1 heterocycles. The van der Waals surface area contributed by atoms with Crippen LogP contribution < -0.4 is 14.2 Å². The summed E-state index contributed by atoms with van der Waals surface area (Å²) < 4.78 is 16.5. The Bertz CT molecular complexity index is 872. The van der Waals surface area contributed by atoms with E-state index in [2.05, 4.69) is 17.0 Å². The highest BCUT2D eigenvalue weighted by Gasteiger charge is 2.19. The van der Waals surface area contributed by atoms with Gasteiger partial charge < -0.3 is 19.1 Å². The zero-order valence-electron chi connectivity index (χ0n) is 18.7. The molecule has 1 aliphatic heterocycles. The Morgan fingerprint density at radius 3 is 2.26 bits per heavy atom. The van der Waals surface area contributed by atoms with Crippen molar-refractivity contribution in [3.63, 3.8) is 0 Å². The van der Waals surface area contributed by atoms with E-state index in [0.717, 1.165) is 49.8 Å². The van der Waals surface area contributed by atoms with Crippen molar-refractivity contribution in [2.24, 2.45) is 0 Å². The highest BCUT2D eigenvalue weighted by atomic mass is 16.5. The molecule has 1 saturated heterocycles. The smallest absolute Gasteiger partial charge is 0.246 e. The predicted octanol–water partition coefficient (Wildman–Crippen LogP) is 3.85. The molecule has 0 atom stereocenters. The number of rotatable bonds is 9. The van der Waals surface area contributed by atoms with Crippen molar-refractivity contribution in [1.82, 2.24) is 9.80 Å². The molecule has 0 aromatic heterocycles. The third kappa shape index (κ3) is 6.49. The Balaban J connectivity index is 1.52. The maximum atomic E-state index is 12.6. The van der Waals surface area contributed by atoms with E-state index in [0.29, 0.717) is 19.0 Å². The van der Waals surface area contributed by atoms with E-state index in [1.807, 2.05) is 55.2 Å². The molecular formula is C25H32N2O4. The SMILES string of the molecule is CCOc1ccc(/C=C/C(=O)N2CCN(Cc3ccc(OC)cc3)CC2)cc1OCC.